The van der Waals surface area contributed by atoms with Crippen LogP contribution in [-0.2, 0) is 17.9 Å². The highest BCUT2D eigenvalue weighted by molar-refractivity contribution is 5.81. The van der Waals surface area contributed by atoms with Gasteiger partial charge < -0.3 is 14.2 Å². The third-order valence-electron chi connectivity index (χ3n) is 4.12. The number of aromatic nitrogens is 2. The number of benzene rings is 1. The molecule has 1 aromatic carbocycles. The van der Waals surface area contributed by atoms with E-state index in [-0.39, 0.29) is 24.4 Å². The van der Waals surface area contributed by atoms with Crippen molar-refractivity contribution in [2.75, 3.05) is 20.6 Å². The number of nitrogens with zero attached hydrogens (tertiary/aromatic N) is 4. The molecule has 1 atom stereocenters. The number of rotatable bonds is 6. The summed E-state index contributed by atoms with van der Waals surface area (Å²) in [5.74, 6) is 1.17. The molecule has 3 rings (SSSR count). The normalized spacial score (nSPS) is 17.6. The molecule has 0 N–H and O–H groups in total. The van der Waals surface area contributed by atoms with Gasteiger partial charge in [-0.15, -0.1) is 0 Å². The SMILES string of the molecule is CN(C)C(=O)[C@H]1CCCN1Cc1nc(COc2ccc(F)cc2)no1. The second-order valence-corrected chi connectivity index (χ2v) is 6.21. The number of carbonyl (C=O) groups is 1. The molecule has 7 nitrogen and oxygen atoms in total. The van der Waals surface area contributed by atoms with Gasteiger partial charge in [0.1, 0.15) is 11.6 Å². The van der Waals surface area contributed by atoms with E-state index in [2.05, 4.69) is 15.0 Å². The number of carbonyl (C=O) groups excluding carboxylic acids is 1. The Morgan fingerprint density at radius 1 is 1.40 bits per heavy atom. The van der Waals surface area contributed by atoms with Gasteiger partial charge in [0.2, 0.25) is 17.6 Å². The Morgan fingerprint density at radius 2 is 2.16 bits per heavy atom. The molecule has 1 amide bonds. The summed E-state index contributed by atoms with van der Waals surface area (Å²) in [6.07, 6.45) is 1.81. The molecule has 0 unspecified atom stereocenters. The average molecular weight is 348 g/mol. The zero-order chi connectivity index (χ0) is 17.8. The quantitative estimate of drug-likeness (QED) is 0.793. The number of hydrogen-bond acceptors (Lipinski definition) is 6. The minimum atomic E-state index is -0.318. The van der Waals surface area contributed by atoms with Crippen LogP contribution in [0.4, 0.5) is 4.39 Å². The molecule has 0 saturated carbocycles. The van der Waals surface area contributed by atoms with Crippen molar-refractivity contribution in [3.05, 3.63) is 41.8 Å². The fourth-order valence-electron chi connectivity index (χ4n) is 2.86. The Balaban J connectivity index is 1.56. The molecular weight excluding hydrogens is 327 g/mol. The van der Waals surface area contributed by atoms with Gasteiger partial charge in [-0.05, 0) is 43.7 Å². The van der Waals surface area contributed by atoms with Gasteiger partial charge in [-0.2, -0.15) is 4.98 Å². The van der Waals surface area contributed by atoms with Crippen molar-refractivity contribution in [3.8, 4) is 5.75 Å². The summed E-state index contributed by atoms with van der Waals surface area (Å²) in [5, 5.41) is 3.89. The van der Waals surface area contributed by atoms with E-state index in [9.17, 15) is 9.18 Å². The maximum absolute atomic E-state index is 12.9. The minimum absolute atomic E-state index is 0.0943. The first-order chi connectivity index (χ1) is 12.0. The minimum Gasteiger partial charge on any atom is -0.485 e. The van der Waals surface area contributed by atoms with Crippen LogP contribution in [0.25, 0.3) is 0 Å². The largest absolute Gasteiger partial charge is 0.485 e. The molecule has 0 spiro atoms. The van der Waals surface area contributed by atoms with E-state index >= 15 is 0 Å². The highest BCUT2D eigenvalue weighted by atomic mass is 19.1. The molecule has 1 saturated heterocycles. The molecular formula is C17H21FN4O3. The Morgan fingerprint density at radius 3 is 2.88 bits per heavy atom. The molecule has 0 aliphatic carbocycles. The van der Waals surface area contributed by atoms with E-state index in [0.29, 0.717) is 24.0 Å². The Labute approximate surface area is 145 Å². The fourth-order valence-corrected chi connectivity index (χ4v) is 2.86. The Kier molecular flexibility index (Phi) is 5.28. The lowest BCUT2D eigenvalue weighted by molar-refractivity contribution is -0.133. The van der Waals surface area contributed by atoms with Gasteiger partial charge >= 0.3 is 0 Å². The predicted octanol–water partition coefficient (Wildman–Crippen LogP) is 1.84. The van der Waals surface area contributed by atoms with Gasteiger partial charge in [0.05, 0.1) is 12.6 Å². The van der Waals surface area contributed by atoms with Crippen LogP contribution in [0.15, 0.2) is 28.8 Å². The van der Waals surface area contributed by atoms with Crippen LogP contribution in [-0.4, -0.2) is 52.5 Å². The first kappa shape index (κ1) is 17.3. The van der Waals surface area contributed by atoms with Gasteiger partial charge in [-0.25, -0.2) is 4.39 Å². The lowest BCUT2D eigenvalue weighted by Crippen LogP contribution is -2.42. The fraction of sp³-hybridized carbons (Fsp3) is 0.471. The summed E-state index contributed by atoms with van der Waals surface area (Å²) in [7, 11) is 3.52. The van der Waals surface area contributed by atoms with Crippen LogP contribution in [0, 0.1) is 5.82 Å². The maximum Gasteiger partial charge on any atom is 0.240 e. The molecule has 2 heterocycles. The van der Waals surface area contributed by atoms with E-state index in [1.54, 1.807) is 19.0 Å². The second-order valence-electron chi connectivity index (χ2n) is 6.21. The summed E-state index contributed by atoms with van der Waals surface area (Å²) < 4.78 is 23.6. The van der Waals surface area contributed by atoms with Crippen molar-refractivity contribution in [1.29, 1.82) is 0 Å². The van der Waals surface area contributed by atoms with E-state index in [1.165, 1.54) is 24.3 Å². The van der Waals surface area contributed by atoms with Crippen LogP contribution in [0.1, 0.15) is 24.6 Å². The number of hydrogen-bond donors (Lipinski definition) is 0. The molecule has 0 radical (unpaired) electrons. The third-order valence-corrected chi connectivity index (χ3v) is 4.12. The number of amides is 1. The molecule has 8 heteroatoms. The van der Waals surface area contributed by atoms with Crippen molar-refractivity contribution in [2.45, 2.75) is 32.0 Å². The number of ether oxygens (including phenoxy) is 1. The topological polar surface area (TPSA) is 71.7 Å². The molecule has 25 heavy (non-hydrogen) atoms. The van der Waals surface area contributed by atoms with Gasteiger partial charge in [-0.1, -0.05) is 5.16 Å². The van der Waals surface area contributed by atoms with Crippen LogP contribution in [0.5, 0.6) is 5.75 Å². The third kappa shape index (κ3) is 4.33. The maximum atomic E-state index is 12.9. The van der Waals surface area contributed by atoms with Crippen molar-refractivity contribution >= 4 is 5.91 Å². The summed E-state index contributed by atoms with van der Waals surface area (Å²) in [4.78, 5) is 20.2. The first-order valence-electron chi connectivity index (χ1n) is 8.18. The Hall–Kier alpha value is -2.48. The average Bonchev–Trinajstić information content (AvgIpc) is 3.23. The zero-order valence-corrected chi connectivity index (χ0v) is 14.3. The first-order valence-corrected chi connectivity index (χ1v) is 8.18. The van der Waals surface area contributed by atoms with Gasteiger partial charge in [0.15, 0.2) is 6.61 Å². The van der Waals surface area contributed by atoms with Crippen molar-refractivity contribution in [3.63, 3.8) is 0 Å². The summed E-state index contributed by atoms with van der Waals surface area (Å²) >= 11 is 0. The van der Waals surface area contributed by atoms with Crippen molar-refractivity contribution in [2.24, 2.45) is 0 Å². The summed E-state index contributed by atoms with van der Waals surface area (Å²) in [6.45, 7) is 1.40. The number of halogens is 1. The summed E-state index contributed by atoms with van der Waals surface area (Å²) in [5.41, 5.74) is 0. The smallest absolute Gasteiger partial charge is 0.240 e. The van der Waals surface area contributed by atoms with Gasteiger partial charge in [0.25, 0.3) is 0 Å². The Bertz CT molecular complexity index is 717. The van der Waals surface area contributed by atoms with Crippen molar-refractivity contribution in [1.82, 2.24) is 19.9 Å². The highest BCUT2D eigenvalue weighted by Crippen LogP contribution is 2.21. The standard InChI is InChI=1S/C17H21FN4O3/c1-21(2)17(23)14-4-3-9-22(14)10-16-19-15(20-25-16)11-24-13-7-5-12(18)6-8-13/h5-8,14H,3-4,9-11H2,1-2H3/t14-/m1/s1. The van der Waals surface area contributed by atoms with Gasteiger partial charge in [-0.3, -0.25) is 9.69 Å². The van der Waals surface area contributed by atoms with Crippen molar-refractivity contribution < 1.29 is 18.4 Å². The predicted molar refractivity (Wildman–Crippen MR) is 87.2 cm³/mol. The highest BCUT2D eigenvalue weighted by Gasteiger charge is 2.32. The second kappa shape index (κ2) is 7.60. The van der Waals surface area contributed by atoms with Gasteiger partial charge in [0, 0.05) is 14.1 Å². The van der Waals surface area contributed by atoms with Crippen LogP contribution >= 0.6 is 0 Å². The van der Waals surface area contributed by atoms with Crippen LogP contribution in [0.2, 0.25) is 0 Å². The number of likely N-dealkylation sites (tertiary alicyclic amines) is 1. The number of likely N-dealkylation sites (N-methyl/N-ethyl adjacent to an activating group) is 1. The molecule has 2 aromatic rings. The van der Waals surface area contributed by atoms with E-state index in [1.807, 2.05) is 0 Å². The molecule has 0 bridgehead atoms. The van der Waals surface area contributed by atoms with E-state index in [0.717, 1.165) is 19.4 Å². The summed E-state index contributed by atoms with van der Waals surface area (Å²) in [6, 6.07) is 5.59. The van der Waals surface area contributed by atoms with E-state index < -0.39 is 0 Å². The zero-order valence-electron chi connectivity index (χ0n) is 14.3. The lowest BCUT2D eigenvalue weighted by Gasteiger charge is -2.24. The molecule has 1 aromatic heterocycles. The molecule has 134 valence electrons. The monoisotopic (exact) mass is 348 g/mol. The molecule has 1 aliphatic heterocycles. The van der Waals surface area contributed by atoms with Crippen LogP contribution in [0.3, 0.4) is 0 Å². The lowest BCUT2D eigenvalue weighted by atomic mass is 10.2. The molecule has 1 fully saturated rings. The van der Waals surface area contributed by atoms with Crippen LogP contribution < -0.4 is 4.74 Å². The molecule has 1 aliphatic rings. The van der Waals surface area contributed by atoms with E-state index in [4.69, 9.17) is 9.26 Å².